The molecule has 1 N–H and O–H groups in total. The monoisotopic (exact) mass is 339 g/mol. The molecule has 0 saturated carbocycles. The molecule has 1 heterocycles. The van der Waals surface area contributed by atoms with Crippen LogP contribution in [0.1, 0.15) is 23.6 Å². The Labute approximate surface area is 139 Å². The second kappa shape index (κ2) is 7.59. The van der Waals surface area contributed by atoms with Gasteiger partial charge in [-0.15, -0.1) is 0 Å². The molecule has 0 fully saturated rings. The molecule has 0 spiro atoms. The highest BCUT2D eigenvalue weighted by Crippen LogP contribution is 2.39. The van der Waals surface area contributed by atoms with Gasteiger partial charge in [0, 0.05) is 6.54 Å². The summed E-state index contributed by atoms with van der Waals surface area (Å²) in [4.78, 5) is 25.3. The maximum atomic E-state index is 12.3. The van der Waals surface area contributed by atoms with Crippen molar-refractivity contribution in [3.05, 3.63) is 23.3 Å². The van der Waals surface area contributed by atoms with Crippen LogP contribution in [0.4, 0.5) is 0 Å². The number of carboxylic acid groups (broad SMARTS) is 1. The third-order valence-electron chi connectivity index (χ3n) is 3.96. The van der Waals surface area contributed by atoms with E-state index in [4.69, 9.17) is 9.47 Å². The molecular formula is C16H21NO5S. The Bertz CT molecular complexity index is 604. The van der Waals surface area contributed by atoms with Crippen molar-refractivity contribution in [3.63, 3.8) is 0 Å². The van der Waals surface area contributed by atoms with Crippen molar-refractivity contribution < 1.29 is 24.2 Å². The van der Waals surface area contributed by atoms with Crippen LogP contribution in [-0.4, -0.2) is 54.7 Å². The zero-order valence-electron chi connectivity index (χ0n) is 13.5. The molecule has 2 rings (SSSR count). The standard InChI is InChI=1S/C16H21NO5S/c1-21-13-6-10-4-5-17(15(18)9-23-3)12(8-16(19)20)11(10)7-14(13)22-2/h6-7,12H,4-5,8-9H2,1-3H3,(H,19,20). The summed E-state index contributed by atoms with van der Waals surface area (Å²) in [6.07, 6.45) is 2.41. The van der Waals surface area contributed by atoms with Gasteiger partial charge in [0.2, 0.25) is 5.91 Å². The molecule has 0 aliphatic carbocycles. The zero-order chi connectivity index (χ0) is 17.0. The van der Waals surface area contributed by atoms with Gasteiger partial charge in [-0.05, 0) is 35.9 Å². The van der Waals surface area contributed by atoms with Crippen molar-refractivity contribution in [3.8, 4) is 11.5 Å². The number of carbonyl (C=O) groups excluding carboxylic acids is 1. The average Bonchev–Trinajstić information content (AvgIpc) is 2.53. The van der Waals surface area contributed by atoms with E-state index in [0.717, 1.165) is 11.1 Å². The minimum Gasteiger partial charge on any atom is -0.493 e. The van der Waals surface area contributed by atoms with E-state index in [2.05, 4.69) is 0 Å². The fourth-order valence-electron chi connectivity index (χ4n) is 2.92. The molecule has 1 atom stereocenters. The second-order valence-electron chi connectivity index (χ2n) is 5.29. The predicted molar refractivity (Wildman–Crippen MR) is 88.3 cm³/mol. The summed E-state index contributed by atoms with van der Waals surface area (Å²) in [6, 6.07) is 3.19. The number of thioether (sulfide) groups is 1. The van der Waals surface area contributed by atoms with E-state index in [1.165, 1.54) is 18.9 Å². The molecule has 0 bridgehead atoms. The molecule has 1 aliphatic rings. The summed E-state index contributed by atoms with van der Waals surface area (Å²) >= 11 is 1.44. The molecule has 126 valence electrons. The number of benzene rings is 1. The highest BCUT2D eigenvalue weighted by molar-refractivity contribution is 7.99. The number of nitrogens with zero attached hydrogens (tertiary/aromatic N) is 1. The van der Waals surface area contributed by atoms with Gasteiger partial charge in [0.05, 0.1) is 32.4 Å². The number of amides is 1. The highest BCUT2D eigenvalue weighted by atomic mass is 32.2. The summed E-state index contributed by atoms with van der Waals surface area (Å²) < 4.78 is 10.6. The predicted octanol–water partition coefficient (Wildman–Crippen LogP) is 1.97. The molecule has 6 nitrogen and oxygen atoms in total. The normalized spacial score (nSPS) is 16.7. The molecule has 0 saturated heterocycles. The number of methoxy groups -OCH3 is 2. The van der Waals surface area contributed by atoms with Crippen molar-refractivity contribution in [2.75, 3.05) is 32.8 Å². The summed E-state index contributed by atoms with van der Waals surface area (Å²) in [5.41, 5.74) is 1.83. The van der Waals surface area contributed by atoms with Gasteiger partial charge in [-0.25, -0.2) is 0 Å². The van der Waals surface area contributed by atoms with Crippen LogP contribution in [0.2, 0.25) is 0 Å². The smallest absolute Gasteiger partial charge is 0.305 e. The van der Waals surface area contributed by atoms with Crippen molar-refractivity contribution in [1.29, 1.82) is 0 Å². The lowest BCUT2D eigenvalue weighted by Gasteiger charge is -2.37. The van der Waals surface area contributed by atoms with E-state index in [1.54, 1.807) is 18.1 Å². The molecule has 0 radical (unpaired) electrons. The van der Waals surface area contributed by atoms with Gasteiger partial charge in [0.15, 0.2) is 11.5 Å². The molecule has 0 aromatic heterocycles. The largest absolute Gasteiger partial charge is 0.493 e. The molecule has 1 unspecified atom stereocenters. The first-order valence-electron chi connectivity index (χ1n) is 7.26. The van der Waals surface area contributed by atoms with E-state index in [0.29, 0.717) is 30.2 Å². The number of hydrogen-bond donors (Lipinski definition) is 1. The Kier molecular flexibility index (Phi) is 5.76. The Balaban J connectivity index is 2.45. The molecular weight excluding hydrogens is 318 g/mol. The van der Waals surface area contributed by atoms with Gasteiger partial charge >= 0.3 is 5.97 Å². The minimum atomic E-state index is -0.931. The van der Waals surface area contributed by atoms with E-state index in [1.807, 2.05) is 12.3 Å². The summed E-state index contributed by atoms with van der Waals surface area (Å²) in [5.74, 6) is 0.535. The van der Waals surface area contributed by atoms with Crippen LogP contribution in [-0.2, 0) is 16.0 Å². The van der Waals surface area contributed by atoms with Gasteiger partial charge in [0.25, 0.3) is 0 Å². The molecule has 23 heavy (non-hydrogen) atoms. The molecule has 1 aromatic carbocycles. The molecule has 1 amide bonds. The number of carbonyl (C=O) groups is 2. The number of fused-ring (bicyclic) bond motifs is 1. The first-order chi connectivity index (χ1) is 11.0. The van der Waals surface area contributed by atoms with E-state index in [-0.39, 0.29) is 12.3 Å². The first-order valence-corrected chi connectivity index (χ1v) is 8.66. The van der Waals surface area contributed by atoms with E-state index >= 15 is 0 Å². The summed E-state index contributed by atoms with van der Waals surface area (Å²) in [6.45, 7) is 0.514. The summed E-state index contributed by atoms with van der Waals surface area (Å²) in [7, 11) is 3.10. The van der Waals surface area contributed by atoms with Crippen molar-refractivity contribution in [1.82, 2.24) is 4.90 Å². The number of rotatable bonds is 6. The average molecular weight is 339 g/mol. The second-order valence-corrected chi connectivity index (χ2v) is 6.16. The van der Waals surface area contributed by atoms with Crippen molar-refractivity contribution >= 4 is 23.6 Å². The third kappa shape index (κ3) is 3.72. The topological polar surface area (TPSA) is 76.1 Å². The van der Waals surface area contributed by atoms with Crippen molar-refractivity contribution in [2.24, 2.45) is 0 Å². The van der Waals surface area contributed by atoms with E-state index < -0.39 is 12.0 Å². The Morgan fingerprint density at radius 2 is 1.96 bits per heavy atom. The Morgan fingerprint density at radius 3 is 2.52 bits per heavy atom. The van der Waals surface area contributed by atoms with Crippen LogP contribution in [0.3, 0.4) is 0 Å². The lowest BCUT2D eigenvalue weighted by molar-refractivity contribution is -0.140. The molecule has 7 heteroatoms. The summed E-state index contributed by atoms with van der Waals surface area (Å²) in [5, 5.41) is 9.25. The lowest BCUT2D eigenvalue weighted by atomic mass is 9.90. The number of ether oxygens (including phenoxy) is 2. The van der Waals surface area contributed by atoms with Crippen LogP contribution in [0.5, 0.6) is 11.5 Å². The lowest BCUT2D eigenvalue weighted by Crippen LogP contribution is -2.42. The van der Waals surface area contributed by atoms with Crippen LogP contribution >= 0.6 is 11.8 Å². The van der Waals surface area contributed by atoms with E-state index in [9.17, 15) is 14.7 Å². The van der Waals surface area contributed by atoms with Gasteiger partial charge in [0.1, 0.15) is 0 Å². The van der Waals surface area contributed by atoms with Crippen LogP contribution < -0.4 is 9.47 Å². The quantitative estimate of drug-likeness (QED) is 0.854. The van der Waals surface area contributed by atoms with Crippen LogP contribution in [0.25, 0.3) is 0 Å². The fourth-order valence-corrected chi connectivity index (χ4v) is 3.33. The van der Waals surface area contributed by atoms with Gasteiger partial charge in [-0.1, -0.05) is 0 Å². The Hall–Kier alpha value is -1.89. The fraction of sp³-hybridized carbons (Fsp3) is 0.500. The highest BCUT2D eigenvalue weighted by Gasteiger charge is 2.33. The van der Waals surface area contributed by atoms with Crippen LogP contribution in [0.15, 0.2) is 12.1 Å². The number of carboxylic acids is 1. The zero-order valence-corrected chi connectivity index (χ0v) is 14.3. The SMILES string of the molecule is COc1cc2c(cc1OC)C(CC(=O)O)N(C(=O)CSC)CC2. The Morgan fingerprint density at radius 1 is 1.30 bits per heavy atom. The first kappa shape index (κ1) is 17.5. The maximum Gasteiger partial charge on any atom is 0.305 e. The number of hydrogen-bond acceptors (Lipinski definition) is 5. The van der Waals surface area contributed by atoms with Gasteiger partial charge < -0.3 is 19.5 Å². The molecule has 1 aliphatic heterocycles. The van der Waals surface area contributed by atoms with Crippen molar-refractivity contribution in [2.45, 2.75) is 18.9 Å². The third-order valence-corrected chi connectivity index (χ3v) is 4.49. The maximum absolute atomic E-state index is 12.3. The molecule has 1 aromatic rings. The van der Waals surface area contributed by atoms with Crippen LogP contribution in [0, 0.1) is 0 Å². The van der Waals surface area contributed by atoms with Gasteiger partial charge in [-0.2, -0.15) is 11.8 Å². The van der Waals surface area contributed by atoms with Gasteiger partial charge in [-0.3, -0.25) is 9.59 Å². The number of aliphatic carboxylic acids is 1. The minimum absolute atomic E-state index is 0.0378.